The molecule has 122 valence electrons. The Labute approximate surface area is 133 Å². The Morgan fingerprint density at radius 1 is 1.48 bits per heavy atom. The van der Waals surface area contributed by atoms with Crippen molar-refractivity contribution in [3.8, 4) is 0 Å². The summed E-state index contributed by atoms with van der Waals surface area (Å²) in [4.78, 5) is 12.1. The van der Waals surface area contributed by atoms with Gasteiger partial charge in [0.15, 0.2) is 5.76 Å². The molecule has 2 aromatic heterocycles. The molecule has 0 spiro atoms. The zero-order valence-electron chi connectivity index (χ0n) is 13.1. The predicted octanol–water partition coefficient (Wildman–Crippen LogP) is 1.24. The molecule has 7 nitrogen and oxygen atoms in total. The highest BCUT2D eigenvalue weighted by Crippen LogP contribution is 2.28. The van der Waals surface area contributed by atoms with E-state index in [0.717, 1.165) is 16.3 Å². The van der Waals surface area contributed by atoms with E-state index in [-0.39, 0.29) is 24.3 Å². The molecule has 23 heavy (non-hydrogen) atoms. The Balaban J connectivity index is 2.03. The summed E-state index contributed by atoms with van der Waals surface area (Å²) in [7, 11) is 0. The summed E-state index contributed by atoms with van der Waals surface area (Å²) in [5, 5.41) is 18.0. The lowest BCUT2D eigenvalue weighted by atomic mass is 10.2. The molecule has 0 fully saturated rings. The molecule has 7 heteroatoms. The quantitative estimate of drug-likeness (QED) is 0.656. The van der Waals surface area contributed by atoms with Crippen LogP contribution in [0.2, 0.25) is 0 Å². The van der Waals surface area contributed by atoms with E-state index in [4.69, 9.17) is 10.2 Å². The Bertz CT molecular complexity index is 848. The van der Waals surface area contributed by atoms with Crippen LogP contribution in [0.1, 0.15) is 24.4 Å². The summed E-state index contributed by atoms with van der Waals surface area (Å²) >= 11 is 0. The fourth-order valence-corrected chi connectivity index (χ4v) is 2.55. The van der Waals surface area contributed by atoms with Crippen LogP contribution in [0.15, 0.2) is 28.8 Å². The molecule has 2 atom stereocenters. The largest absolute Gasteiger partial charge is 0.451 e. The van der Waals surface area contributed by atoms with Crippen LogP contribution >= 0.6 is 0 Å². The smallest absolute Gasteiger partial charge is 0.287 e. The van der Waals surface area contributed by atoms with Crippen LogP contribution in [0.25, 0.3) is 21.9 Å². The van der Waals surface area contributed by atoms with Crippen LogP contribution in [-0.4, -0.2) is 39.5 Å². The van der Waals surface area contributed by atoms with Crippen LogP contribution in [0.3, 0.4) is 0 Å². The third-order valence-corrected chi connectivity index (χ3v) is 3.54. The molecule has 1 unspecified atom stereocenters. The highest BCUT2D eigenvalue weighted by Gasteiger charge is 2.16. The molecular formula is C16H20N4O3. The summed E-state index contributed by atoms with van der Waals surface area (Å²) in [5.74, 6) is -0.143. The maximum atomic E-state index is 12.1. The zero-order chi connectivity index (χ0) is 16.6. The van der Waals surface area contributed by atoms with Gasteiger partial charge in [-0.3, -0.25) is 9.48 Å². The van der Waals surface area contributed by atoms with Crippen molar-refractivity contribution in [2.45, 2.75) is 32.5 Å². The van der Waals surface area contributed by atoms with Gasteiger partial charge < -0.3 is 20.6 Å². The fraction of sp³-hybridized carbons (Fsp3) is 0.375. The number of nitrogens with zero attached hydrogens (tertiary/aromatic N) is 2. The predicted molar refractivity (Wildman–Crippen MR) is 87.2 cm³/mol. The van der Waals surface area contributed by atoms with Crippen molar-refractivity contribution in [2.24, 2.45) is 5.73 Å². The van der Waals surface area contributed by atoms with E-state index in [1.807, 2.05) is 23.7 Å². The van der Waals surface area contributed by atoms with Crippen LogP contribution in [0.4, 0.5) is 0 Å². The van der Waals surface area contributed by atoms with Crippen molar-refractivity contribution in [2.75, 3.05) is 6.54 Å². The molecule has 2 heterocycles. The Morgan fingerprint density at radius 3 is 2.96 bits per heavy atom. The van der Waals surface area contributed by atoms with Gasteiger partial charge >= 0.3 is 0 Å². The third kappa shape index (κ3) is 3.06. The van der Waals surface area contributed by atoms with Gasteiger partial charge in [-0.15, -0.1) is 0 Å². The third-order valence-electron chi connectivity index (χ3n) is 3.54. The highest BCUT2D eigenvalue weighted by molar-refractivity contribution is 6.06. The number of aliphatic hydroxyl groups excluding tert-OH is 1. The average Bonchev–Trinajstić information content (AvgIpc) is 3.07. The Hall–Kier alpha value is -2.38. The number of hydrogen-bond acceptors (Lipinski definition) is 5. The highest BCUT2D eigenvalue weighted by atomic mass is 16.3. The molecule has 0 saturated heterocycles. The number of fused-ring (bicyclic) bond motifs is 3. The van der Waals surface area contributed by atoms with Gasteiger partial charge in [-0.2, -0.15) is 5.10 Å². The molecule has 0 aliphatic heterocycles. The van der Waals surface area contributed by atoms with Gasteiger partial charge in [-0.25, -0.2) is 0 Å². The molecule has 0 saturated carbocycles. The van der Waals surface area contributed by atoms with Crippen molar-refractivity contribution < 1.29 is 14.3 Å². The monoisotopic (exact) mass is 316 g/mol. The second kappa shape index (κ2) is 6.02. The summed E-state index contributed by atoms with van der Waals surface area (Å²) < 4.78 is 7.46. The number of amides is 1. The van der Waals surface area contributed by atoms with Gasteiger partial charge in [-0.1, -0.05) is 0 Å². The minimum Gasteiger partial charge on any atom is -0.451 e. The van der Waals surface area contributed by atoms with E-state index in [1.54, 1.807) is 19.2 Å². The first-order chi connectivity index (χ1) is 11.0. The van der Waals surface area contributed by atoms with Gasteiger partial charge in [-0.05, 0) is 32.0 Å². The lowest BCUT2D eigenvalue weighted by Gasteiger charge is -2.06. The van der Waals surface area contributed by atoms with E-state index in [0.29, 0.717) is 12.1 Å². The van der Waals surface area contributed by atoms with Crippen LogP contribution in [0.5, 0.6) is 0 Å². The van der Waals surface area contributed by atoms with Crippen LogP contribution < -0.4 is 11.1 Å². The van der Waals surface area contributed by atoms with Gasteiger partial charge in [0.25, 0.3) is 5.91 Å². The number of rotatable bonds is 5. The molecule has 1 aromatic carbocycles. The number of hydrogen-bond donors (Lipinski definition) is 3. The lowest BCUT2D eigenvalue weighted by Crippen LogP contribution is -2.30. The number of carbonyl (C=O) groups is 1. The summed E-state index contributed by atoms with van der Waals surface area (Å²) in [6.07, 6.45) is 1.17. The molecule has 0 aliphatic carbocycles. The number of aliphatic hydroxyl groups is 1. The van der Waals surface area contributed by atoms with E-state index in [9.17, 15) is 9.90 Å². The maximum Gasteiger partial charge on any atom is 0.287 e. The summed E-state index contributed by atoms with van der Waals surface area (Å²) in [5.41, 5.74) is 7.39. The van der Waals surface area contributed by atoms with Crippen molar-refractivity contribution in [1.29, 1.82) is 0 Å². The van der Waals surface area contributed by atoms with Crippen molar-refractivity contribution in [3.63, 3.8) is 0 Å². The lowest BCUT2D eigenvalue weighted by molar-refractivity contribution is 0.0898. The molecule has 3 aromatic rings. The van der Waals surface area contributed by atoms with Crippen molar-refractivity contribution >= 4 is 27.8 Å². The number of carbonyl (C=O) groups excluding carboxylic acids is 1. The van der Waals surface area contributed by atoms with Crippen LogP contribution in [-0.2, 0) is 6.54 Å². The molecular weight excluding hydrogens is 296 g/mol. The molecule has 3 rings (SSSR count). The number of nitrogens with two attached hydrogens (primary N) is 1. The minimum atomic E-state index is -0.609. The van der Waals surface area contributed by atoms with Crippen molar-refractivity contribution in [1.82, 2.24) is 15.1 Å². The molecule has 4 N–H and O–H groups in total. The van der Waals surface area contributed by atoms with Gasteiger partial charge in [0, 0.05) is 23.4 Å². The standard InChI is InChI=1S/C16H20N4O3/c1-9(17)8-20-15-11(7-19-20)3-4-13-12(15)5-14(23-13)16(22)18-6-10(2)21/h3-5,7,9-10,21H,6,8,17H2,1-2H3,(H,18,22)/t9-,10?/m0/s1. The summed E-state index contributed by atoms with van der Waals surface area (Å²) in [6, 6.07) is 5.40. The van der Waals surface area contributed by atoms with Crippen LogP contribution in [0, 0.1) is 0 Å². The fourth-order valence-electron chi connectivity index (χ4n) is 2.55. The number of aromatic nitrogens is 2. The molecule has 1 amide bonds. The van der Waals surface area contributed by atoms with E-state index < -0.39 is 6.10 Å². The molecule has 0 radical (unpaired) electrons. The number of furan rings is 1. The first-order valence-electron chi connectivity index (χ1n) is 7.55. The van der Waals surface area contributed by atoms with E-state index in [2.05, 4.69) is 10.4 Å². The Kier molecular flexibility index (Phi) is 4.06. The first-order valence-corrected chi connectivity index (χ1v) is 7.55. The van der Waals surface area contributed by atoms with Gasteiger partial charge in [0.2, 0.25) is 0 Å². The van der Waals surface area contributed by atoms with Crippen molar-refractivity contribution in [3.05, 3.63) is 30.2 Å². The van der Waals surface area contributed by atoms with E-state index >= 15 is 0 Å². The molecule has 0 aliphatic rings. The van der Waals surface area contributed by atoms with Gasteiger partial charge in [0.1, 0.15) is 5.58 Å². The van der Waals surface area contributed by atoms with E-state index in [1.165, 1.54) is 0 Å². The Morgan fingerprint density at radius 2 is 2.26 bits per heavy atom. The zero-order valence-corrected chi connectivity index (χ0v) is 13.1. The minimum absolute atomic E-state index is 0.0333. The second-order valence-electron chi connectivity index (χ2n) is 5.89. The summed E-state index contributed by atoms with van der Waals surface area (Å²) in [6.45, 7) is 4.28. The average molecular weight is 316 g/mol. The topological polar surface area (TPSA) is 106 Å². The first kappa shape index (κ1) is 15.5. The van der Waals surface area contributed by atoms with Gasteiger partial charge in [0.05, 0.1) is 24.4 Å². The normalized spacial score (nSPS) is 14.3. The number of benzene rings is 1. The maximum absolute atomic E-state index is 12.1. The SMILES string of the molecule is CC(O)CNC(=O)c1cc2c(ccc3cnn(C[C@H](C)N)c32)o1. The molecule has 0 bridgehead atoms. The number of nitrogens with one attached hydrogen (secondary N) is 1. The second-order valence-corrected chi connectivity index (χ2v) is 5.89.